The van der Waals surface area contributed by atoms with Crippen molar-refractivity contribution in [1.29, 1.82) is 5.41 Å². The van der Waals surface area contributed by atoms with Crippen LogP contribution in [0.5, 0.6) is 0 Å². The Hall–Kier alpha value is -1.03. The van der Waals surface area contributed by atoms with Crippen LogP contribution >= 0.6 is 0 Å². The van der Waals surface area contributed by atoms with Gasteiger partial charge in [-0.2, -0.15) is 0 Å². The normalized spacial score (nSPS) is 26.2. The van der Waals surface area contributed by atoms with Crippen LogP contribution in [0.1, 0.15) is 0 Å². The molecule has 1 atom stereocenters. The van der Waals surface area contributed by atoms with Gasteiger partial charge in [-0.3, -0.25) is 5.41 Å². The monoisotopic (exact) mass is 127 g/mol. The van der Waals surface area contributed by atoms with Crippen LogP contribution in [0.4, 0.5) is 0 Å². The summed E-state index contributed by atoms with van der Waals surface area (Å²) in [5.41, 5.74) is 0. The third kappa shape index (κ3) is 1.02. The van der Waals surface area contributed by atoms with Crippen molar-refractivity contribution in [2.75, 3.05) is 7.05 Å². The summed E-state index contributed by atoms with van der Waals surface area (Å²) in [4.78, 5) is 1.42. The van der Waals surface area contributed by atoms with Gasteiger partial charge < -0.3 is 15.3 Å². The van der Waals surface area contributed by atoms with Crippen LogP contribution in [0.25, 0.3) is 0 Å². The van der Waals surface area contributed by atoms with Crippen LogP contribution in [-0.4, -0.2) is 29.2 Å². The number of rotatable bonds is 0. The lowest BCUT2D eigenvalue weighted by atomic mass is 10.4. The van der Waals surface area contributed by atoms with E-state index in [0.29, 0.717) is 5.84 Å². The summed E-state index contributed by atoms with van der Waals surface area (Å²) < 4.78 is 0. The molecule has 0 fully saturated rings. The van der Waals surface area contributed by atoms with Gasteiger partial charge >= 0.3 is 0 Å². The van der Waals surface area contributed by atoms with Gasteiger partial charge in [-0.25, -0.2) is 0 Å². The lowest BCUT2D eigenvalue weighted by Crippen LogP contribution is -2.46. The van der Waals surface area contributed by atoms with E-state index in [2.05, 4.69) is 5.32 Å². The summed E-state index contributed by atoms with van der Waals surface area (Å²) in [5.74, 6) is 0.307. The maximum atomic E-state index is 8.97. The Morgan fingerprint density at radius 3 is 3.00 bits per heavy atom. The Balaban J connectivity index is 2.69. The predicted octanol–water partition coefficient (Wildman–Crippen LogP) is -0.712. The molecule has 0 bridgehead atoms. The Labute approximate surface area is 53.3 Å². The van der Waals surface area contributed by atoms with E-state index in [9.17, 15) is 0 Å². The standard InChI is InChI=1S/C5H9N3O/c1-8-4(6)2-3-7-5(8)9/h2-3,5-7,9H,1H3. The van der Waals surface area contributed by atoms with E-state index in [0.717, 1.165) is 0 Å². The molecular formula is C5H9N3O. The summed E-state index contributed by atoms with van der Waals surface area (Å²) >= 11 is 0. The highest BCUT2D eigenvalue weighted by atomic mass is 16.3. The molecule has 0 aromatic heterocycles. The molecule has 1 rings (SSSR count). The summed E-state index contributed by atoms with van der Waals surface area (Å²) in [5, 5.41) is 18.8. The van der Waals surface area contributed by atoms with E-state index in [1.165, 1.54) is 4.90 Å². The zero-order chi connectivity index (χ0) is 6.85. The summed E-state index contributed by atoms with van der Waals surface area (Å²) in [6.45, 7) is 0. The molecule has 1 aliphatic heterocycles. The number of aliphatic hydroxyl groups is 1. The third-order valence-corrected chi connectivity index (χ3v) is 1.23. The first-order valence-electron chi connectivity index (χ1n) is 2.64. The molecule has 0 aliphatic carbocycles. The summed E-state index contributed by atoms with van der Waals surface area (Å²) in [6, 6.07) is 0. The highest BCUT2D eigenvalue weighted by Gasteiger charge is 2.13. The molecule has 0 spiro atoms. The highest BCUT2D eigenvalue weighted by molar-refractivity contribution is 5.90. The van der Waals surface area contributed by atoms with E-state index >= 15 is 0 Å². The van der Waals surface area contributed by atoms with E-state index in [1.807, 2.05) is 0 Å². The SMILES string of the molecule is CN1C(=N)C=CNC1O. The second-order valence-electron chi connectivity index (χ2n) is 1.87. The number of aliphatic hydroxyl groups excluding tert-OH is 1. The van der Waals surface area contributed by atoms with Gasteiger partial charge in [0.05, 0.1) is 0 Å². The van der Waals surface area contributed by atoms with Crippen LogP contribution in [-0.2, 0) is 0 Å². The summed E-state index contributed by atoms with van der Waals surface area (Å²) in [6.07, 6.45) is 2.38. The van der Waals surface area contributed by atoms with Crippen molar-refractivity contribution in [3.8, 4) is 0 Å². The molecule has 4 nitrogen and oxygen atoms in total. The Morgan fingerprint density at radius 2 is 2.56 bits per heavy atom. The first-order chi connectivity index (χ1) is 4.22. The van der Waals surface area contributed by atoms with E-state index in [1.54, 1.807) is 19.3 Å². The van der Waals surface area contributed by atoms with Gasteiger partial charge in [0, 0.05) is 13.2 Å². The van der Waals surface area contributed by atoms with E-state index in [4.69, 9.17) is 10.5 Å². The van der Waals surface area contributed by atoms with Gasteiger partial charge in [0.2, 0.25) is 6.35 Å². The van der Waals surface area contributed by atoms with Gasteiger partial charge in [0.25, 0.3) is 0 Å². The molecule has 9 heavy (non-hydrogen) atoms. The molecule has 1 unspecified atom stereocenters. The van der Waals surface area contributed by atoms with Gasteiger partial charge in [-0.15, -0.1) is 0 Å². The number of nitrogens with zero attached hydrogens (tertiary/aromatic N) is 1. The number of likely N-dealkylation sites (N-methyl/N-ethyl adjacent to an activating group) is 1. The maximum Gasteiger partial charge on any atom is 0.205 e. The van der Waals surface area contributed by atoms with Gasteiger partial charge in [0.1, 0.15) is 5.84 Å². The quantitative estimate of drug-likeness (QED) is 0.403. The minimum Gasteiger partial charge on any atom is -0.356 e. The third-order valence-electron chi connectivity index (χ3n) is 1.23. The molecule has 0 aromatic rings. The molecule has 0 amide bonds. The molecular weight excluding hydrogens is 118 g/mol. The molecule has 1 heterocycles. The molecule has 0 saturated heterocycles. The Bertz CT molecular complexity index is 154. The number of amidine groups is 1. The molecule has 4 heteroatoms. The second-order valence-corrected chi connectivity index (χ2v) is 1.87. The average molecular weight is 127 g/mol. The number of hydrogen-bond acceptors (Lipinski definition) is 3. The smallest absolute Gasteiger partial charge is 0.205 e. The molecule has 0 saturated carbocycles. The lowest BCUT2D eigenvalue weighted by Gasteiger charge is -2.27. The molecule has 1 aliphatic rings. The van der Waals surface area contributed by atoms with Crippen molar-refractivity contribution in [2.45, 2.75) is 6.35 Å². The minimum atomic E-state index is -0.748. The van der Waals surface area contributed by atoms with Crippen LogP contribution < -0.4 is 5.32 Å². The Morgan fingerprint density at radius 1 is 1.89 bits per heavy atom. The van der Waals surface area contributed by atoms with Crippen LogP contribution in [0, 0.1) is 5.41 Å². The first-order valence-corrected chi connectivity index (χ1v) is 2.64. The fraction of sp³-hybridized carbons (Fsp3) is 0.400. The molecule has 50 valence electrons. The number of hydrogen-bond donors (Lipinski definition) is 3. The number of nitrogens with one attached hydrogen (secondary N) is 2. The Kier molecular flexibility index (Phi) is 1.40. The first kappa shape index (κ1) is 6.10. The zero-order valence-electron chi connectivity index (χ0n) is 5.13. The maximum absolute atomic E-state index is 8.97. The fourth-order valence-corrected chi connectivity index (χ4v) is 0.574. The van der Waals surface area contributed by atoms with Gasteiger partial charge in [0.15, 0.2) is 0 Å². The second kappa shape index (κ2) is 2.06. The lowest BCUT2D eigenvalue weighted by molar-refractivity contribution is 0.0474. The largest absolute Gasteiger partial charge is 0.356 e. The van der Waals surface area contributed by atoms with E-state index in [-0.39, 0.29) is 0 Å². The van der Waals surface area contributed by atoms with Gasteiger partial charge in [-0.1, -0.05) is 0 Å². The van der Waals surface area contributed by atoms with Crippen molar-refractivity contribution < 1.29 is 5.11 Å². The average Bonchev–Trinajstić information content (AvgIpc) is 1.83. The molecule has 3 N–H and O–H groups in total. The molecule has 0 radical (unpaired) electrons. The molecule has 0 aromatic carbocycles. The zero-order valence-corrected chi connectivity index (χ0v) is 5.13. The van der Waals surface area contributed by atoms with E-state index < -0.39 is 6.35 Å². The predicted molar refractivity (Wildman–Crippen MR) is 33.8 cm³/mol. The van der Waals surface area contributed by atoms with Crippen LogP contribution in [0.15, 0.2) is 12.3 Å². The van der Waals surface area contributed by atoms with Crippen molar-refractivity contribution in [1.82, 2.24) is 10.2 Å². The van der Waals surface area contributed by atoms with Crippen molar-refractivity contribution in [3.05, 3.63) is 12.3 Å². The van der Waals surface area contributed by atoms with Crippen molar-refractivity contribution in [2.24, 2.45) is 0 Å². The topological polar surface area (TPSA) is 59.4 Å². The fourth-order valence-electron chi connectivity index (χ4n) is 0.574. The minimum absolute atomic E-state index is 0.307. The van der Waals surface area contributed by atoms with Crippen molar-refractivity contribution >= 4 is 5.84 Å². The van der Waals surface area contributed by atoms with Crippen LogP contribution in [0.3, 0.4) is 0 Å². The van der Waals surface area contributed by atoms with Gasteiger partial charge in [-0.05, 0) is 6.08 Å². The highest BCUT2D eigenvalue weighted by Crippen LogP contribution is 1.96. The van der Waals surface area contributed by atoms with Crippen molar-refractivity contribution in [3.63, 3.8) is 0 Å². The summed E-state index contributed by atoms with van der Waals surface area (Å²) in [7, 11) is 1.64. The van der Waals surface area contributed by atoms with Crippen LogP contribution in [0.2, 0.25) is 0 Å².